The lowest BCUT2D eigenvalue weighted by atomic mass is 9.73. The molecule has 0 aromatic heterocycles. The molecule has 2 aromatic rings. The quantitative estimate of drug-likeness (QED) is 0.162. The summed E-state index contributed by atoms with van der Waals surface area (Å²) in [6.07, 6.45) is 7.08. The second-order valence-corrected chi connectivity index (χ2v) is 21.5. The molecule has 1 aliphatic carbocycles. The van der Waals surface area contributed by atoms with Gasteiger partial charge >= 0.3 is 0 Å². The highest BCUT2D eigenvalue weighted by Crippen LogP contribution is 2.47. The molecule has 0 N–H and O–H groups in total. The summed E-state index contributed by atoms with van der Waals surface area (Å²) in [7, 11) is -4.21. The fourth-order valence-corrected chi connectivity index (χ4v) is 14.2. The van der Waals surface area contributed by atoms with Crippen LogP contribution in [0.4, 0.5) is 0 Å². The Morgan fingerprint density at radius 3 is 1.82 bits per heavy atom. The first-order valence-corrected chi connectivity index (χ1v) is 19.6. The number of carbonyl (C=O) groups excluding carboxylic acids is 1. The van der Waals surface area contributed by atoms with Crippen molar-refractivity contribution in [2.45, 2.75) is 104 Å². The Bertz CT molecular complexity index is 1020. The first-order valence-electron chi connectivity index (χ1n) is 15.2. The highest BCUT2D eigenvalue weighted by Gasteiger charge is 2.50. The highest BCUT2D eigenvalue weighted by atomic mass is 28.4. The van der Waals surface area contributed by atoms with Gasteiger partial charge in [0.05, 0.1) is 0 Å². The molecule has 0 saturated heterocycles. The van der Waals surface area contributed by atoms with Crippen molar-refractivity contribution < 1.29 is 13.6 Å². The molecular weight excluding hydrogens is 513 g/mol. The Labute approximate surface area is 240 Å². The molecule has 214 valence electrons. The van der Waals surface area contributed by atoms with Gasteiger partial charge in [0, 0.05) is 18.6 Å². The van der Waals surface area contributed by atoms with Gasteiger partial charge in [0.15, 0.2) is 14.1 Å². The van der Waals surface area contributed by atoms with E-state index in [9.17, 15) is 4.79 Å². The molecule has 3 rings (SSSR count). The van der Waals surface area contributed by atoms with Crippen molar-refractivity contribution in [2.24, 2.45) is 5.41 Å². The minimum Gasteiger partial charge on any atom is -0.417 e. The summed E-state index contributed by atoms with van der Waals surface area (Å²) in [6.45, 7) is 17.1. The number of ketones is 1. The van der Waals surface area contributed by atoms with Gasteiger partial charge < -0.3 is 8.85 Å². The Kier molecular flexibility index (Phi) is 11.2. The minimum atomic E-state index is -2.55. The first kappa shape index (κ1) is 31.7. The van der Waals surface area contributed by atoms with E-state index in [0.29, 0.717) is 6.61 Å². The predicted molar refractivity (Wildman–Crippen MR) is 171 cm³/mol. The summed E-state index contributed by atoms with van der Waals surface area (Å²) in [6, 6.07) is 25.2. The SMILES string of the molecule is CC[Si](CC)(CC)OCCC1(CCCO[Si](c2ccccc2)(c2ccccc2)C(C)(C)C)CCC=C1C(C)=O. The van der Waals surface area contributed by atoms with Crippen LogP contribution in [0.2, 0.25) is 23.2 Å². The molecule has 0 fully saturated rings. The van der Waals surface area contributed by atoms with Crippen molar-refractivity contribution in [2.75, 3.05) is 13.2 Å². The number of Topliss-reactive ketones (excluding diaryl/α,β-unsaturated/α-hetero) is 1. The van der Waals surface area contributed by atoms with Crippen LogP contribution in [-0.4, -0.2) is 35.6 Å². The zero-order valence-electron chi connectivity index (χ0n) is 25.6. The summed E-state index contributed by atoms with van der Waals surface area (Å²) >= 11 is 0. The largest absolute Gasteiger partial charge is 0.417 e. The van der Waals surface area contributed by atoms with E-state index in [1.807, 2.05) is 0 Å². The van der Waals surface area contributed by atoms with Crippen molar-refractivity contribution in [3.8, 4) is 0 Å². The number of benzene rings is 2. The molecule has 1 atom stereocenters. The Hall–Kier alpha value is -1.80. The standard InChI is InChI=1S/C34H52O3Si2/c1-8-38(9-2,10-3)36-28-26-34(24-17-23-32(34)29(4)35)25-18-27-37-39(33(5,6)7,30-19-13-11-14-20-30)31-21-15-12-16-22-31/h11-16,19-23H,8-10,17-18,24-28H2,1-7H3. The van der Waals surface area contributed by atoms with E-state index < -0.39 is 16.6 Å². The second kappa shape index (κ2) is 13.7. The fourth-order valence-electron chi connectivity index (χ4n) is 6.92. The molecule has 0 radical (unpaired) electrons. The van der Waals surface area contributed by atoms with Crippen molar-refractivity contribution in [1.82, 2.24) is 0 Å². The van der Waals surface area contributed by atoms with Gasteiger partial charge in [-0.25, -0.2) is 0 Å². The van der Waals surface area contributed by atoms with Gasteiger partial charge in [-0.3, -0.25) is 4.79 Å². The van der Waals surface area contributed by atoms with E-state index in [1.165, 1.54) is 10.4 Å². The van der Waals surface area contributed by atoms with Crippen LogP contribution < -0.4 is 10.4 Å². The summed E-state index contributed by atoms with van der Waals surface area (Å²) in [5.74, 6) is 0.227. The van der Waals surface area contributed by atoms with Gasteiger partial charge in [0.2, 0.25) is 0 Å². The molecule has 1 aliphatic rings. The Morgan fingerprint density at radius 2 is 1.36 bits per heavy atom. The lowest BCUT2D eigenvalue weighted by molar-refractivity contribution is -0.114. The van der Waals surface area contributed by atoms with Gasteiger partial charge in [-0.1, -0.05) is 108 Å². The number of allylic oxidation sites excluding steroid dienone is 2. The van der Waals surface area contributed by atoms with Crippen LogP contribution in [0.25, 0.3) is 0 Å². The molecule has 5 heteroatoms. The van der Waals surface area contributed by atoms with Gasteiger partial charge in [0.1, 0.15) is 0 Å². The molecule has 3 nitrogen and oxygen atoms in total. The molecule has 39 heavy (non-hydrogen) atoms. The highest BCUT2D eigenvalue weighted by molar-refractivity contribution is 6.99. The van der Waals surface area contributed by atoms with E-state index in [1.54, 1.807) is 6.92 Å². The average molecular weight is 565 g/mol. The molecule has 0 spiro atoms. The van der Waals surface area contributed by atoms with Crippen LogP contribution >= 0.6 is 0 Å². The summed E-state index contributed by atoms with van der Waals surface area (Å²) in [5.41, 5.74) is 0.948. The van der Waals surface area contributed by atoms with Crippen molar-refractivity contribution in [3.63, 3.8) is 0 Å². The predicted octanol–water partition coefficient (Wildman–Crippen LogP) is 8.05. The van der Waals surface area contributed by atoms with E-state index in [0.717, 1.165) is 62.4 Å². The molecule has 0 aliphatic heterocycles. The van der Waals surface area contributed by atoms with E-state index in [4.69, 9.17) is 8.85 Å². The molecule has 0 heterocycles. The zero-order chi connectivity index (χ0) is 28.6. The lowest BCUT2D eigenvalue weighted by Gasteiger charge is -2.43. The number of rotatable bonds is 15. The molecule has 1 unspecified atom stereocenters. The summed E-state index contributed by atoms with van der Waals surface area (Å²) in [5, 5.41) is 2.60. The molecule has 0 amide bonds. The maximum Gasteiger partial charge on any atom is 0.261 e. The van der Waals surface area contributed by atoms with E-state index >= 15 is 0 Å². The van der Waals surface area contributed by atoms with E-state index in [2.05, 4.69) is 108 Å². The zero-order valence-corrected chi connectivity index (χ0v) is 27.6. The smallest absolute Gasteiger partial charge is 0.261 e. The van der Waals surface area contributed by atoms with Gasteiger partial charge in [-0.15, -0.1) is 0 Å². The van der Waals surface area contributed by atoms with Crippen molar-refractivity contribution >= 4 is 32.8 Å². The van der Waals surface area contributed by atoms with Crippen LogP contribution in [0.1, 0.15) is 80.6 Å². The van der Waals surface area contributed by atoms with Crippen LogP contribution in [0, 0.1) is 5.41 Å². The first-order chi connectivity index (χ1) is 18.6. The summed E-state index contributed by atoms with van der Waals surface area (Å²) in [4.78, 5) is 12.8. The monoisotopic (exact) mass is 564 g/mol. The third kappa shape index (κ3) is 6.93. The minimum absolute atomic E-state index is 0.0343. The maximum absolute atomic E-state index is 12.8. The molecular formula is C34H52O3Si2. The third-order valence-electron chi connectivity index (χ3n) is 9.38. The van der Waals surface area contributed by atoms with Crippen molar-refractivity contribution in [1.29, 1.82) is 0 Å². The van der Waals surface area contributed by atoms with Crippen molar-refractivity contribution in [3.05, 3.63) is 72.3 Å². The fraction of sp³-hybridized carbons (Fsp3) is 0.559. The number of hydrogen-bond donors (Lipinski definition) is 0. The normalized spacial score (nSPS) is 18.3. The van der Waals surface area contributed by atoms with E-state index in [-0.39, 0.29) is 16.2 Å². The number of hydrogen-bond acceptors (Lipinski definition) is 3. The van der Waals surface area contributed by atoms with Crippen LogP contribution in [0.3, 0.4) is 0 Å². The topological polar surface area (TPSA) is 35.5 Å². The number of carbonyl (C=O) groups is 1. The maximum atomic E-state index is 12.8. The average Bonchev–Trinajstić information content (AvgIpc) is 3.36. The molecule has 0 bridgehead atoms. The van der Waals surface area contributed by atoms with Crippen LogP contribution in [0.5, 0.6) is 0 Å². The molecule has 2 aromatic carbocycles. The van der Waals surface area contributed by atoms with Crippen LogP contribution in [0.15, 0.2) is 72.3 Å². The summed E-state index contributed by atoms with van der Waals surface area (Å²) < 4.78 is 13.9. The molecule has 0 saturated carbocycles. The van der Waals surface area contributed by atoms with Crippen LogP contribution in [-0.2, 0) is 13.6 Å². The third-order valence-corrected chi connectivity index (χ3v) is 19.1. The van der Waals surface area contributed by atoms with Gasteiger partial charge in [-0.05, 0) is 78.1 Å². The lowest BCUT2D eigenvalue weighted by Crippen LogP contribution is -2.66. The second-order valence-electron chi connectivity index (χ2n) is 12.5. The van der Waals surface area contributed by atoms with Gasteiger partial charge in [0.25, 0.3) is 8.32 Å². The van der Waals surface area contributed by atoms with Gasteiger partial charge in [-0.2, -0.15) is 0 Å². The Morgan fingerprint density at radius 1 is 0.821 bits per heavy atom. The Balaban J connectivity index is 1.82.